The van der Waals surface area contributed by atoms with Crippen molar-refractivity contribution in [1.29, 1.82) is 0 Å². The number of pyridine rings is 1. The number of aromatic nitrogens is 1. The molecule has 0 aliphatic heterocycles. The molecule has 0 saturated carbocycles. The molecule has 1 amide bonds. The standard InChI is InChI=1S/C22H16FN3O2/c1-14-9-10-17(23)18(12-14)25-22-16(13-15-6-2-3-7-19(15)28-22)21(27)26-20-8-4-5-11-24-20/h2-13H,1H3,(H,24,26,27). The number of halogens is 1. The predicted octanol–water partition coefficient (Wildman–Crippen LogP) is 4.76. The smallest absolute Gasteiger partial charge is 0.262 e. The summed E-state index contributed by atoms with van der Waals surface area (Å²) in [5.41, 5.74) is 1.71. The van der Waals surface area contributed by atoms with Crippen molar-refractivity contribution < 1.29 is 13.6 Å². The molecule has 0 saturated heterocycles. The average Bonchev–Trinajstić information content (AvgIpc) is 2.71. The Hall–Kier alpha value is -3.80. The van der Waals surface area contributed by atoms with Gasteiger partial charge in [-0.25, -0.2) is 14.4 Å². The minimum absolute atomic E-state index is 0.0247. The maximum atomic E-state index is 14.2. The third kappa shape index (κ3) is 3.66. The normalized spacial score (nSPS) is 11.6. The highest BCUT2D eigenvalue weighted by atomic mass is 19.1. The van der Waals surface area contributed by atoms with E-state index in [1.807, 2.05) is 25.1 Å². The molecule has 6 heteroatoms. The lowest BCUT2D eigenvalue weighted by Gasteiger charge is -2.06. The Labute approximate surface area is 160 Å². The van der Waals surface area contributed by atoms with E-state index in [2.05, 4.69) is 15.3 Å². The van der Waals surface area contributed by atoms with Crippen LogP contribution in [0.2, 0.25) is 0 Å². The molecule has 2 heterocycles. The van der Waals surface area contributed by atoms with Gasteiger partial charge >= 0.3 is 0 Å². The van der Waals surface area contributed by atoms with Gasteiger partial charge in [0.05, 0.1) is 0 Å². The van der Waals surface area contributed by atoms with Crippen LogP contribution in [0.25, 0.3) is 11.0 Å². The van der Waals surface area contributed by atoms with Crippen LogP contribution in [0.5, 0.6) is 0 Å². The molecule has 0 spiro atoms. The van der Waals surface area contributed by atoms with Crippen LogP contribution in [-0.2, 0) is 0 Å². The number of carbonyl (C=O) groups excluding carboxylic acids is 1. The highest BCUT2D eigenvalue weighted by Gasteiger charge is 2.14. The average molecular weight is 373 g/mol. The minimum atomic E-state index is -0.495. The number of para-hydroxylation sites is 1. The van der Waals surface area contributed by atoms with E-state index in [0.717, 1.165) is 10.9 Å². The van der Waals surface area contributed by atoms with Gasteiger partial charge in [-0.3, -0.25) is 4.79 Å². The van der Waals surface area contributed by atoms with Gasteiger partial charge in [-0.05, 0) is 48.9 Å². The maximum Gasteiger partial charge on any atom is 0.262 e. The molecule has 28 heavy (non-hydrogen) atoms. The number of nitrogens with zero attached hydrogens (tertiary/aromatic N) is 2. The van der Waals surface area contributed by atoms with Crippen LogP contribution >= 0.6 is 0 Å². The molecular weight excluding hydrogens is 357 g/mol. The van der Waals surface area contributed by atoms with Crippen LogP contribution in [-0.4, -0.2) is 10.9 Å². The van der Waals surface area contributed by atoms with Crippen molar-refractivity contribution in [3.8, 4) is 0 Å². The van der Waals surface area contributed by atoms with Crippen molar-refractivity contribution in [3.63, 3.8) is 0 Å². The van der Waals surface area contributed by atoms with Gasteiger partial charge in [0, 0.05) is 11.6 Å². The maximum absolute atomic E-state index is 14.2. The number of fused-ring (bicyclic) bond motifs is 1. The van der Waals surface area contributed by atoms with Gasteiger partial charge in [0.1, 0.15) is 28.5 Å². The molecule has 4 rings (SSSR count). The molecule has 0 aliphatic rings. The largest absolute Gasteiger partial charge is 0.438 e. The summed E-state index contributed by atoms with van der Waals surface area (Å²) < 4.78 is 20.0. The summed E-state index contributed by atoms with van der Waals surface area (Å²) in [5.74, 6) is -0.543. The van der Waals surface area contributed by atoms with Crippen LogP contribution in [0.3, 0.4) is 0 Å². The molecule has 0 unspecified atom stereocenters. The fraction of sp³-hybridized carbons (Fsp3) is 0.0455. The van der Waals surface area contributed by atoms with Gasteiger partial charge in [0.2, 0.25) is 5.55 Å². The molecule has 2 aromatic heterocycles. The Morgan fingerprint density at radius 1 is 1.07 bits per heavy atom. The van der Waals surface area contributed by atoms with E-state index in [0.29, 0.717) is 11.4 Å². The van der Waals surface area contributed by atoms with Crippen LogP contribution in [0.1, 0.15) is 15.9 Å². The quantitative estimate of drug-likeness (QED) is 0.563. The molecule has 0 atom stereocenters. The predicted molar refractivity (Wildman–Crippen MR) is 105 cm³/mol. The van der Waals surface area contributed by atoms with E-state index in [-0.39, 0.29) is 16.8 Å². The van der Waals surface area contributed by atoms with E-state index in [9.17, 15) is 9.18 Å². The van der Waals surface area contributed by atoms with Gasteiger partial charge in [-0.15, -0.1) is 0 Å². The summed E-state index contributed by atoms with van der Waals surface area (Å²) in [6.07, 6.45) is 1.58. The number of hydrogen-bond acceptors (Lipinski definition) is 4. The number of aryl methyl sites for hydroxylation is 1. The third-order valence-electron chi connectivity index (χ3n) is 4.13. The lowest BCUT2D eigenvalue weighted by Crippen LogP contribution is -2.22. The first-order chi connectivity index (χ1) is 13.6. The zero-order valence-electron chi connectivity index (χ0n) is 15.0. The molecule has 0 aliphatic carbocycles. The molecular formula is C22H16FN3O2. The minimum Gasteiger partial charge on any atom is -0.438 e. The molecule has 5 nitrogen and oxygen atoms in total. The summed E-state index contributed by atoms with van der Waals surface area (Å²) >= 11 is 0. The van der Waals surface area contributed by atoms with Crippen LogP contribution in [0.15, 0.2) is 82.3 Å². The fourth-order valence-corrected chi connectivity index (χ4v) is 2.75. The number of amides is 1. The van der Waals surface area contributed by atoms with Gasteiger partial charge in [-0.1, -0.05) is 30.3 Å². The highest BCUT2D eigenvalue weighted by Crippen LogP contribution is 2.20. The monoisotopic (exact) mass is 373 g/mol. The summed E-state index contributed by atoms with van der Waals surface area (Å²) in [6, 6.07) is 18.7. The Morgan fingerprint density at radius 2 is 1.89 bits per heavy atom. The Balaban J connectivity index is 1.88. The number of benzene rings is 2. The topological polar surface area (TPSA) is 67.5 Å². The van der Waals surface area contributed by atoms with Crippen molar-refractivity contribution >= 4 is 28.4 Å². The fourth-order valence-electron chi connectivity index (χ4n) is 2.75. The first kappa shape index (κ1) is 17.6. The number of carbonyl (C=O) groups is 1. The van der Waals surface area contributed by atoms with Crippen molar-refractivity contribution in [1.82, 2.24) is 4.98 Å². The van der Waals surface area contributed by atoms with E-state index >= 15 is 0 Å². The third-order valence-corrected chi connectivity index (χ3v) is 4.13. The van der Waals surface area contributed by atoms with E-state index in [1.165, 1.54) is 6.07 Å². The van der Waals surface area contributed by atoms with Gasteiger partial charge < -0.3 is 9.73 Å². The second kappa shape index (κ2) is 7.44. The number of rotatable bonds is 3. The molecule has 0 bridgehead atoms. The van der Waals surface area contributed by atoms with Crippen molar-refractivity contribution in [2.24, 2.45) is 4.99 Å². The van der Waals surface area contributed by atoms with Crippen LogP contribution < -0.4 is 10.9 Å². The van der Waals surface area contributed by atoms with Crippen molar-refractivity contribution in [3.05, 3.63) is 95.4 Å². The Morgan fingerprint density at radius 3 is 2.71 bits per heavy atom. The summed E-state index contributed by atoms with van der Waals surface area (Å²) in [5, 5.41) is 3.44. The van der Waals surface area contributed by atoms with E-state index in [1.54, 1.807) is 48.7 Å². The molecule has 138 valence electrons. The second-order valence-electron chi connectivity index (χ2n) is 6.24. The van der Waals surface area contributed by atoms with E-state index in [4.69, 9.17) is 4.42 Å². The first-order valence-electron chi connectivity index (χ1n) is 8.66. The lowest BCUT2D eigenvalue weighted by atomic mass is 10.1. The highest BCUT2D eigenvalue weighted by molar-refractivity contribution is 6.04. The zero-order valence-corrected chi connectivity index (χ0v) is 15.0. The lowest BCUT2D eigenvalue weighted by molar-refractivity contribution is 0.102. The molecule has 0 radical (unpaired) electrons. The van der Waals surface area contributed by atoms with Crippen molar-refractivity contribution in [2.45, 2.75) is 6.92 Å². The number of anilines is 1. The summed E-state index contributed by atoms with van der Waals surface area (Å²) in [6.45, 7) is 1.84. The molecule has 1 N–H and O–H groups in total. The Bertz CT molecular complexity index is 1230. The van der Waals surface area contributed by atoms with Crippen LogP contribution in [0.4, 0.5) is 15.9 Å². The molecule has 2 aromatic carbocycles. The molecule has 0 fully saturated rings. The number of nitrogens with one attached hydrogen (secondary N) is 1. The Kier molecular flexibility index (Phi) is 4.68. The second-order valence-corrected chi connectivity index (χ2v) is 6.24. The van der Waals surface area contributed by atoms with Gasteiger partial charge in [-0.2, -0.15) is 0 Å². The number of hydrogen-bond donors (Lipinski definition) is 1. The van der Waals surface area contributed by atoms with Gasteiger partial charge in [0.15, 0.2) is 0 Å². The SMILES string of the molecule is Cc1ccc(F)c(N=c2oc3ccccc3cc2C(=O)Nc2ccccn2)c1. The van der Waals surface area contributed by atoms with Crippen molar-refractivity contribution in [2.75, 3.05) is 5.32 Å². The zero-order chi connectivity index (χ0) is 19.5. The summed E-state index contributed by atoms with van der Waals surface area (Å²) in [7, 11) is 0. The van der Waals surface area contributed by atoms with E-state index < -0.39 is 11.7 Å². The first-order valence-corrected chi connectivity index (χ1v) is 8.66. The molecule has 4 aromatic rings. The summed E-state index contributed by atoms with van der Waals surface area (Å²) in [4.78, 5) is 21.2. The van der Waals surface area contributed by atoms with Gasteiger partial charge in [0.25, 0.3) is 5.91 Å². The van der Waals surface area contributed by atoms with Crippen LogP contribution in [0, 0.1) is 12.7 Å².